The van der Waals surface area contributed by atoms with Gasteiger partial charge >= 0.3 is 5.97 Å². The summed E-state index contributed by atoms with van der Waals surface area (Å²) >= 11 is 0. The van der Waals surface area contributed by atoms with E-state index in [-0.39, 0.29) is 25.4 Å². The molecule has 0 heterocycles. The average molecular weight is 217 g/mol. The smallest absolute Gasteiger partial charge is 0.305 e. The first kappa shape index (κ1) is 13.7. The lowest BCUT2D eigenvalue weighted by Crippen LogP contribution is -2.37. The summed E-state index contributed by atoms with van der Waals surface area (Å²) < 4.78 is 14.7. The largest absolute Gasteiger partial charge is 0.469 e. The standard InChI is InChI=1S/C8H15N3O4/c1-13-7(12)4-5-8(14-2,15-3)6-10-11-9/h4-6H2,1-3H3. The molecule has 7 heteroatoms. The maximum Gasteiger partial charge on any atom is 0.305 e. The molecular weight excluding hydrogens is 202 g/mol. The van der Waals surface area contributed by atoms with Crippen LogP contribution in [0.3, 0.4) is 0 Å². The molecule has 0 rings (SSSR count). The topological polar surface area (TPSA) is 93.5 Å². The molecule has 0 aliphatic carbocycles. The van der Waals surface area contributed by atoms with Gasteiger partial charge in [0.1, 0.15) is 0 Å². The van der Waals surface area contributed by atoms with Crippen molar-refractivity contribution >= 4 is 5.97 Å². The van der Waals surface area contributed by atoms with E-state index in [1.54, 1.807) is 0 Å². The van der Waals surface area contributed by atoms with E-state index >= 15 is 0 Å². The van der Waals surface area contributed by atoms with Crippen LogP contribution in [-0.2, 0) is 19.0 Å². The second kappa shape index (κ2) is 7.05. The van der Waals surface area contributed by atoms with E-state index in [4.69, 9.17) is 15.0 Å². The van der Waals surface area contributed by atoms with Crippen LogP contribution in [0.15, 0.2) is 5.11 Å². The number of ether oxygens (including phenoxy) is 3. The number of rotatable bonds is 7. The van der Waals surface area contributed by atoms with Crippen LogP contribution < -0.4 is 0 Å². The Morgan fingerprint density at radius 3 is 2.40 bits per heavy atom. The zero-order chi connectivity index (χ0) is 11.7. The molecule has 0 aliphatic heterocycles. The highest BCUT2D eigenvalue weighted by Crippen LogP contribution is 2.19. The molecule has 0 amide bonds. The molecule has 7 nitrogen and oxygen atoms in total. The van der Waals surface area contributed by atoms with E-state index in [0.717, 1.165) is 0 Å². The number of carbonyl (C=O) groups excluding carboxylic acids is 1. The number of azide groups is 1. The minimum absolute atomic E-state index is 0.00743. The van der Waals surface area contributed by atoms with Gasteiger partial charge in [0, 0.05) is 25.6 Å². The molecule has 0 unspecified atom stereocenters. The molecule has 86 valence electrons. The minimum atomic E-state index is -1.06. The summed E-state index contributed by atoms with van der Waals surface area (Å²) in [6.07, 6.45) is 0.408. The van der Waals surface area contributed by atoms with Crippen molar-refractivity contribution in [2.75, 3.05) is 27.9 Å². The summed E-state index contributed by atoms with van der Waals surface area (Å²) in [5, 5.41) is 3.37. The highest BCUT2D eigenvalue weighted by atomic mass is 16.7. The van der Waals surface area contributed by atoms with Gasteiger partial charge in [-0.1, -0.05) is 5.11 Å². The summed E-state index contributed by atoms with van der Waals surface area (Å²) in [6, 6.07) is 0. The number of esters is 1. The van der Waals surface area contributed by atoms with Crippen molar-refractivity contribution in [3.05, 3.63) is 10.4 Å². The van der Waals surface area contributed by atoms with Crippen LogP contribution in [0.1, 0.15) is 12.8 Å². The van der Waals surface area contributed by atoms with E-state index in [1.807, 2.05) is 0 Å². The predicted molar refractivity (Wildman–Crippen MR) is 52.0 cm³/mol. The monoisotopic (exact) mass is 217 g/mol. The van der Waals surface area contributed by atoms with Gasteiger partial charge in [0.05, 0.1) is 20.1 Å². The van der Waals surface area contributed by atoms with E-state index < -0.39 is 5.79 Å². The first-order valence-corrected chi connectivity index (χ1v) is 4.32. The highest BCUT2D eigenvalue weighted by Gasteiger charge is 2.29. The van der Waals surface area contributed by atoms with Crippen LogP contribution >= 0.6 is 0 Å². The summed E-state index contributed by atoms with van der Waals surface area (Å²) in [5.74, 6) is -1.42. The quantitative estimate of drug-likeness (QED) is 0.211. The molecule has 0 aromatic rings. The average Bonchev–Trinajstić information content (AvgIpc) is 2.30. The first-order chi connectivity index (χ1) is 7.14. The molecule has 0 saturated heterocycles. The van der Waals surface area contributed by atoms with Crippen molar-refractivity contribution in [3.63, 3.8) is 0 Å². The summed E-state index contributed by atoms with van der Waals surface area (Å²) in [7, 11) is 4.15. The fourth-order valence-corrected chi connectivity index (χ4v) is 1.03. The van der Waals surface area contributed by atoms with Crippen LogP contribution in [0.5, 0.6) is 0 Å². The number of nitrogens with zero attached hydrogens (tertiary/aromatic N) is 3. The van der Waals surface area contributed by atoms with Gasteiger partial charge < -0.3 is 14.2 Å². The van der Waals surface area contributed by atoms with Crippen molar-refractivity contribution in [2.45, 2.75) is 18.6 Å². The molecule has 0 aliphatic rings. The Balaban J connectivity index is 4.35. The van der Waals surface area contributed by atoms with Crippen molar-refractivity contribution in [3.8, 4) is 0 Å². The molecule has 0 radical (unpaired) electrons. The van der Waals surface area contributed by atoms with Crippen molar-refractivity contribution < 1.29 is 19.0 Å². The third-order valence-electron chi connectivity index (χ3n) is 2.06. The summed E-state index contributed by atoms with van der Waals surface area (Å²) in [4.78, 5) is 13.5. The molecule has 0 N–H and O–H groups in total. The van der Waals surface area contributed by atoms with E-state index in [9.17, 15) is 4.79 Å². The second-order valence-corrected chi connectivity index (χ2v) is 2.78. The molecule has 0 spiro atoms. The fourth-order valence-electron chi connectivity index (χ4n) is 1.03. The Hall–Kier alpha value is -1.30. The zero-order valence-corrected chi connectivity index (χ0v) is 9.10. The van der Waals surface area contributed by atoms with Gasteiger partial charge in [0.2, 0.25) is 0 Å². The van der Waals surface area contributed by atoms with Crippen LogP contribution in [-0.4, -0.2) is 39.6 Å². The first-order valence-electron chi connectivity index (χ1n) is 4.32. The van der Waals surface area contributed by atoms with Gasteiger partial charge in [-0.15, -0.1) is 0 Å². The molecular formula is C8H15N3O4. The molecule has 0 bridgehead atoms. The fraction of sp³-hybridized carbons (Fsp3) is 0.875. The van der Waals surface area contributed by atoms with E-state index in [1.165, 1.54) is 21.3 Å². The van der Waals surface area contributed by atoms with Gasteiger partial charge in [-0.2, -0.15) is 0 Å². The molecule has 0 aromatic carbocycles. The zero-order valence-electron chi connectivity index (χ0n) is 9.10. The lowest BCUT2D eigenvalue weighted by Gasteiger charge is -2.28. The van der Waals surface area contributed by atoms with Gasteiger partial charge in [-0.25, -0.2) is 0 Å². The number of hydrogen-bond acceptors (Lipinski definition) is 5. The Morgan fingerprint density at radius 1 is 1.40 bits per heavy atom. The second-order valence-electron chi connectivity index (χ2n) is 2.78. The lowest BCUT2D eigenvalue weighted by atomic mass is 10.1. The number of hydrogen-bond donors (Lipinski definition) is 0. The van der Waals surface area contributed by atoms with Crippen molar-refractivity contribution in [2.24, 2.45) is 5.11 Å². The molecule has 0 atom stereocenters. The number of methoxy groups -OCH3 is 3. The van der Waals surface area contributed by atoms with Crippen LogP contribution in [0.4, 0.5) is 0 Å². The predicted octanol–water partition coefficient (Wildman–Crippen LogP) is 1.24. The third kappa shape index (κ3) is 4.64. The van der Waals surface area contributed by atoms with Crippen LogP contribution in [0.2, 0.25) is 0 Å². The Morgan fingerprint density at radius 2 is 2.00 bits per heavy atom. The minimum Gasteiger partial charge on any atom is -0.469 e. The maximum atomic E-state index is 10.9. The number of carbonyl (C=O) groups is 1. The molecule has 15 heavy (non-hydrogen) atoms. The highest BCUT2D eigenvalue weighted by molar-refractivity contribution is 5.69. The molecule has 0 saturated carbocycles. The Kier molecular flexibility index (Phi) is 6.44. The van der Waals surface area contributed by atoms with E-state index in [0.29, 0.717) is 0 Å². The summed E-state index contributed by atoms with van der Waals surface area (Å²) in [6.45, 7) is 0.00743. The Bertz CT molecular complexity index is 246. The van der Waals surface area contributed by atoms with Crippen molar-refractivity contribution in [1.29, 1.82) is 0 Å². The van der Waals surface area contributed by atoms with Gasteiger partial charge in [-0.3, -0.25) is 4.79 Å². The van der Waals surface area contributed by atoms with E-state index in [2.05, 4.69) is 14.8 Å². The third-order valence-corrected chi connectivity index (χ3v) is 2.06. The molecule has 0 aromatic heterocycles. The summed E-state index contributed by atoms with van der Waals surface area (Å²) in [5.41, 5.74) is 8.20. The normalized spacial score (nSPS) is 10.6. The Labute approximate surface area is 87.9 Å². The van der Waals surface area contributed by atoms with Gasteiger partial charge in [0.25, 0.3) is 0 Å². The molecule has 0 fully saturated rings. The lowest BCUT2D eigenvalue weighted by molar-refractivity contribution is -0.205. The van der Waals surface area contributed by atoms with Crippen LogP contribution in [0.25, 0.3) is 10.4 Å². The SMILES string of the molecule is COC(=O)CCC(CN=[N+]=[N-])(OC)OC. The van der Waals surface area contributed by atoms with Gasteiger partial charge in [0.15, 0.2) is 5.79 Å². The maximum absolute atomic E-state index is 10.9. The van der Waals surface area contributed by atoms with Gasteiger partial charge in [-0.05, 0) is 5.53 Å². The van der Waals surface area contributed by atoms with Crippen LogP contribution in [0, 0.1) is 0 Å². The van der Waals surface area contributed by atoms with Crippen molar-refractivity contribution in [1.82, 2.24) is 0 Å².